The van der Waals surface area contributed by atoms with E-state index in [1.165, 1.54) is 31.2 Å². The van der Waals surface area contributed by atoms with Crippen molar-refractivity contribution in [1.29, 1.82) is 0 Å². The van der Waals surface area contributed by atoms with Crippen molar-refractivity contribution in [2.45, 2.75) is 39.0 Å². The summed E-state index contributed by atoms with van der Waals surface area (Å²) in [6.07, 6.45) is 6.58. The molecule has 1 aliphatic rings. The van der Waals surface area contributed by atoms with Crippen LogP contribution in [0.25, 0.3) is 0 Å². The molecule has 1 aromatic rings. The highest BCUT2D eigenvalue weighted by Gasteiger charge is 2.24. The number of hydrogen-bond donors (Lipinski definition) is 1. The molecule has 0 amide bonds. The first-order valence-electron chi connectivity index (χ1n) is 7.10. The Balaban J connectivity index is 2.07. The summed E-state index contributed by atoms with van der Waals surface area (Å²) in [6, 6.07) is 5.20. The molecule has 1 N–H and O–H groups in total. The zero-order valence-electron chi connectivity index (χ0n) is 11.5. The summed E-state index contributed by atoms with van der Waals surface area (Å²) in [5.74, 6) is 1.42. The van der Waals surface area contributed by atoms with E-state index < -0.39 is 0 Å². The summed E-state index contributed by atoms with van der Waals surface area (Å²) in [6.45, 7) is 3.09. The average molecular weight is 249 g/mol. The lowest BCUT2D eigenvalue weighted by atomic mass is 9.84. The Bertz CT molecular complexity index is 383. The Labute approximate surface area is 110 Å². The summed E-state index contributed by atoms with van der Waals surface area (Å²) in [5.41, 5.74) is 2.40. The van der Waals surface area contributed by atoms with Crippen molar-refractivity contribution in [3.8, 4) is 0 Å². The zero-order chi connectivity index (χ0) is 13.0. The zero-order valence-corrected chi connectivity index (χ0v) is 11.5. The van der Waals surface area contributed by atoms with E-state index in [9.17, 15) is 4.39 Å². The molecule has 0 spiro atoms. The van der Waals surface area contributed by atoms with Gasteiger partial charge in [0, 0.05) is 0 Å². The van der Waals surface area contributed by atoms with Crippen molar-refractivity contribution in [2.75, 3.05) is 13.6 Å². The van der Waals surface area contributed by atoms with E-state index in [0.29, 0.717) is 5.92 Å². The van der Waals surface area contributed by atoms with E-state index >= 15 is 0 Å². The minimum Gasteiger partial charge on any atom is -0.319 e. The molecular formula is C16H24FN. The van der Waals surface area contributed by atoms with Crippen molar-refractivity contribution in [1.82, 2.24) is 5.32 Å². The summed E-state index contributed by atoms with van der Waals surface area (Å²) >= 11 is 0. The van der Waals surface area contributed by atoms with E-state index in [-0.39, 0.29) is 5.82 Å². The maximum atomic E-state index is 13.1. The van der Waals surface area contributed by atoms with Gasteiger partial charge in [-0.05, 0) is 62.0 Å². The van der Waals surface area contributed by atoms with Crippen LogP contribution in [0.1, 0.15) is 36.8 Å². The molecule has 1 atom stereocenters. The Kier molecular flexibility index (Phi) is 4.76. The second-order valence-electron chi connectivity index (χ2n) is 5.64. The van der Waals surface area contributed by atoms with Gasteiger partial charge in [0.1, 0.15) is 5.82 Å². The monoisotopic (exact) mass is 249 g/mol. The molecule has 100 valence electrons. The average Bonchev–Trinajstić information content (AvgIpc) is 2.85. The summed E-state index contributed by atoms with van der Waals surface area (Å²) in [7, 11) is 2.03. The third kappa shape index (κ3) is 3.32. The fourth-order valence-electron chi connectivity index (χ4n) is 3.27. The Morgan fingerprint density at radius 3 is 2.67 bits per heavy atom. The molecule has 1 nitrogen and oxygen atoms in total. The second-order valence-corrected chi connectivity index (χ2v) is 5.64. The molecule has 1 aliphatic carbocycles. The smallest absolute Gasteiger partial charge is 0.123 e. The first-order valence-corrected chi connectivity index (χ1v) is 7.10. The van der Waals surface area contributed by atoms with Crippen LogP contribution in [-0.4, -0.2) is 13.6 Å². The molecule has 0 bridgehead atoms. The first-order chi connectivity index (χ1) is 8.70. The predicted molar refractivity (Wildman–Crippen MR) is 74.2 cm³/mol. The van der Waals surface area contributed by atoms with E-state index in [4.69, 9.17) is 0 Å². The second kappa shape index (κ2) is 6.33. The van der Waals surface area contributed by atoms with Crippen LogP contribution < -0.4 is 5.32 Å². The third-order valence-electron chi connectivity index (χ3n) is 4.32. The predicted octanol–water partition coefficient (Wildman–Crippen LogP) is 3.70. The van der Waals surface area contributed by atoms with Gasteiger partial charge in [-0.15, -0.1) is 0 Å². The topological polar surface area (TPSA) is 12.0 Å². The van der Waals surface area contributed by atoms with Crippen molar-refractivity contribution >= 4 is 0 Å². The Hall–Kier alpha value is -0.890. The van der Waals surface area contributed by atoms with E-state index in [0.717, 1.165) is 24.4 Å². The molecule has 1 fully saturated rings. The van der Waals surface area contributed by atoms with E-state index in [1.807, 2.05) is 20.0 Å². The van der Waals surface area contributed by atoms with Gasteiger partial charge in [-0.3, -0.25) is 0 Å². The summed E-state index contributed by atoms with van der Waals surface area (Å²) < 4.78 is 13.1. The van der Waals surface area contributed by atoms with Crippen LogP contribution in [0.3, 0.4) is 0 Å². The number of hydrogen-bond acceptors (Lipinski definition) is 1. The Morgan fingerprint density at radius 1 is 1.33 bits per heavy atom. The van der Waals surface area contributed by atoms with Crippen LogP contribution in [0.15, 0.2) is 18.2 Å². The van der Waals surface area contributed by atoms with Crippen LogP contribution in [0.4, 0.5) is 4.39 Å². The fraction of sp³-hybridized carbons (Fsp3) is 0.625. The SMILES string of the molecule is CNCC(Cc1ccc(F)cc1C)C1CCCC1. The minimum atomic E-state index is -0.123. The lowest BCUT2D eigenvalue weighted by Gasteiger charge is -2.24. The van der Waals surface area contributed by atoms with E-state index in [1.54, 1.807) is 12.1 Å². The highest BCUT2D eigenvalue weighted by molar-refractivity contribution is 5.27. The lowest BCUT2D eigenvalue weighted by Crippen LogP contribution is -2.26. The van der Waals surface area contributed by atoms with Crippen molar-refractivity contribution in [2.24, 2.45) is 11.8 Å². The Morgan fingerprint density at radius 2 is 2.06 bits per heavy atom. The molecule has 1 saturated carbocycles. The van der Waals surface area contributed by atoms with Crippen LogP contribution in [0.2, 0.25) is 0 Å². The fourth-order valence-corrected chi connectivity index (χ4v) is 3.27. The van der Waals surface area contributed by atoms with Gasteiger partial charge in [0.2, 0.25) is 0 Å². The van der Waals surface area contributed by atoms with Gasteiger partial charge in [-0.2, -0.15) is 0 Å². The number of benzene rings is 1. The third-order valence-corrected chi connectivity index (χ3v) is 4.32. The van der Waals surface area contributed by atoms with Gasteiger partial charge in [-0.1, -0.05) is 31.7 Å². The number of halogens is 1. The molecule has 18 heavy (non-hydrogen) atoms. The molecule has 1 unspecified atom stereocenters. The molecular weight excluding hydrogens is 225 g/mol. The molecule has 0 radical (unpaired) electrons. The molecule has 0 saturated heterocycles. The number of rotatable bonds is 5. The largest absolute Gasteiger partial charge is 0.319 e. The highest BCUT2D eigenvalue weighted by atomic mass is 19.1. The lowest BCUT2D eigenvalue weighted by molar-refractivity contribution is 0.328. The standard InChI is InChI=1S/C16H24FN/c1-12-9-16(17)8-7-14(12)10-15(11-18-2)13-5-3-4-6-13/h7-9,13,15,18H,3-6,10-11H2,1-2H3. The quantitative estimate of drug-likeness (QED) is 0.839. The van der Waals surface area contributed by atoms with Gasteiger partial charge in [0.05, 0.1) is 0 Å². The van der Waals surface area contributed by atoms with Gasteiger partial charge >= 0.3 is 0 Å². The van der Waals surface area contributed by atoms with Gasteiger partial charge < -0.3 is 5.32 Å². The van der Waals surface area contributed by atoms with Crippen LogP contribution in [-0.2, 0) is 6.42 Å². The molecule has 0 aromatic heterocycles. The van der Waals surface area contributed by atoms with Gasteiger partial charge in [0.25, 0.3) is 0 Å². The molecule has 0 aliphatic heterocycles. The van der Waals surface area contributed by atoms with Crippen molar-refractivity contribution in [3.05, 3.63) is 35.1 Å². The maximum Gasteiger partial charge on any atom is 0.123 e. The van der Waals surface area contributed by atoms with Crippen LogP contribution >= 0.6 is 0 Å². The molecule has 2 heteroatoms. The van der Waals surface area contributed by atoms with E-state index in [2.05, 4.69) is 5.32 Å². The number of nitrogens with one attached hydrogen (secondary N) is 1. The van der Waals surface area contributed by atoms with Crippen molar-refractivity contribution < 1.29 is 4.39 Å². The van der Waals surface area contributed by atoms with Gasteiger partial charge in [0.15, 0.2) is 0 Å². The summed E-state index contributed by atoms with van der Waals surface area (Å²) in [5, 5.41) is 3.32. The number of aryl methyl sites for hydroxylation is 1. The normalized spacial score (nSPS) is 18.2. The maximum absolute atomic E-state index is 13.1. The molecule has 0 heterocycles. The van der Waals surface area contributed by atoms with Crippen LogP contribution in [0.5, 0.6) is 0 Å². The molecule has 1 aromatic carbocycles. The molecule has 2 rings (SSSR count). The highest BCUT2D eigenvalue weighted by Crippen LogP contribution is 2.33. The minimum absolute atomic E-state index is 0.123. The van der Waals surface area contributed by atoms with Gasteiger partial charge in [-0.25, -0.2) is 4.39 Å². The first kappa shape index (κ1) is 13.5. The summed E-state index contributed by atoms with van der Waals surface area (Å²) in [4.78, 5) is 0. The van der Waals surface area contributed by atoms with Crippen molar-refractivity contribution in [3.63, 3.8) is 0 Å². The van der Waals surface area contributed by atoms with Crippen LogP contribution in [0, 0.1) is 24.6 Å².